The summed E-state index contributed by atoms with van der Waals surface area (Å²) in [4.78, 5) is 0. The molecule has 0 aliphatic rings. The molecule has 0 radical (unpaired) electrons. The van der Waals surface area contributed by atoms with Crippen LogP contribution in [0.3, 0.4) is 0 Å². The third kappa shape index (κ3) is 8.18. The van der Waals surface area contributed by atoms with E-state index in [1.807, 2.05) is 0 Å². The van der Waals surface area contributed by atoms with E-state index >= 15 is 0 Å². The highest BCUT2D eigenvalue weighted by Gasteiger charge is 2.07. The van der Waals surface area contributed by atoms with Gasteiger partial charge in [0.05, 0.1) is 5.75 Å². The minimum atomic E-state index is -3.16. The summed E-state index contributed by atoms with van der Waals surface area (Å²) in [6.45, 7) is 1.18. The van der Waals surface area contributed by atoms with Gasteiger partial charge >= 0.3 is 0 Å². The predicted molar refractivity (Wildman–Crippen MR) is 56.5 cm³/mol. The summed E-state index contributed by atoms with van der Waals surface area (Å²) in [7, 11) is -1.61. The first-order valence-corrected chi connectivity index (χ1v) is 6.09. The molecule has 0 amide bonds. The Bertz CT molecular complexity index is 249. The van der Waals surface area contributed by atoms with Crippen LogP contribution in [0.2, 0.25) is 0 Å². The van der Waals surface area contributed by atoms with Crippen molar-refractivity contribution in [2.75, 3.05) is 32.6 Å². The highest BCUT2D eigenvalue weighted by atomic mass is 32.2. The summed E-state index contributed by atoms with van der Waals surface area (Å²) in [6.07, 6.45) is 3.90. The van der Waals surface area contributed by atoms with Crippen molar-refractivity contribution in [1.29, 1.82) is 0 Å². The van der Waals surface area contributed by atoms with E-state index in [0.29, 0.717) is 26.1 Å². The molecular formula is C8H18N2O3S. The molecule has 0 aromatic heterocycles. The quantitative estimate of drug-likeness (QED) is 0.427. The minimum Gasteiger partial charge on any atom is -0.385 e. The molecule has 0 aliphatic heterocycles. The van der Waals surface area contributed by atoms with Gasteiger partial charge in [-0.25, -0.2) is 13.1 Å². The van der Waals surface area contributed by atoms with E-state index in [1.54, 1.807) is 19.3 Å². The lowest BCUT2D eigenvalue weighted by molar-refractivity contribution is 0.199. The predicted octanol–water partition coefficient (Wildman–Crippen LogP) is -0.543. The minimum absolute atomic E-state index is 0.0945. The Hall–Kier alpha value is -0.430. The second-order valence-electron chi connectivity index (χ2n) is 2.72. The second-order valence-corrected chi connectivity index (χ2v) is 4.65. The van der Waals surface area contributed by atoms with Gasteiger partial charge in [-0.3, -0.25) is 0 Å². The fourth-order valence-electron chi connectivity index (χ4n) is 0.820. The van der Waals surface area contributed by atoms with E-state index in [4.69, 9.17) is 10.5 Å². The second kappa shape index (κ2) is 7.93. The molecule has 0 heterocycles. The smallest absolute Gasteiger partial charge is 0.211 e. The van der Waals surface area contributed by atoms with Crippen molar-refractivity contribution >= 4 is 10.0 Å². The summed E-state index contributed by atoms with van der Waals surface area (Å²) in [5.74, 6) is 0.0945. The molecule has 0 aliphatic carbocycles. The zero-order chi connectivity index (χ0) is 10.9. The number of hydrogen-bond acceptors (Lipinski definition) is 4. The van der Waals surface area contributed by atoms with Crippen LogP contribution in [0, 0.1) is 0 Å². The lowest BCUT2D eigenvalue weighted by Crippen LogP contribution is -2.27. The Morgan fingerprint density at radius 3 is 2.71 bits per heavy atom. The normalized spacial score (nSPS) is 12.4. The van der Waals surface area contributed by atoms with Gasteiger partial charge in [-0.05, 0) is 6.42 Å². The number of nitrogens with one attached hydrogen (secondary N) is 1. The molecule has 0 aromatic rings. The van der Waals surface area contributed by atoms with Crippen LogP contribution in [0.4, 0.5) is 0 Å². The monoisotopic (exact) mass is 222 g/mol. The average molecular weight is 222 g/mol. The highest BCUT2D eigenvalue weighted by molar-refractivity contribution is 7.89. The van der Waals surface area contributed by atoms with Gasteiger partial charge in [-0.2, -0.15) is 0 Å². The fraction of sp³-hybridized carbons (Fsp3) is 0.750. The molecule has 0 bridgehead atoms. The Balaban J connectivity index is 3.67. The number of ether oxygens (including phenoxy) is 1. The van der Waals surface area contributed by atoms with Crippen molar-refractivity contribution < 1.29 is 13.2 Å². The van der Waals surface area contributed by atoms with E-state index in [1.165, 1.54) is 0 Å². The van der Waals surface area contributed by atoms with Crippen molar-refractivity contribution in [2.45, 2.75) is 6.42 Å². The van der Waals surface area contributed by atoms with E-state index in [2.05, 4.69) is 4.72 Å². The van der Waals surface area contributed by atoms with Crippen LogP contribution < -0.4 is 10.5 Å². The Kier molecular flexibility index (Phi) is 7.68. The molecular weight excluding hydrogens is 204 g/mol. The van der Waals surface area contributed by atoms with Gasteiger partial charge < -0.3 is 10.5 Å². The number of methoxy groups -OCH3 is 1. The maximum absolute atomic E-state index is 11.2. The molecule has 0 unspecified atom stereocenters. The zero-order valence-electron chi connectivity index (χ0n) is 8.40. The first-order chi connectivity index (χ1) is 6.62. The van der Waals surface area contributed by atoms with Crippen LogP contribution in [-0.2, 0) is 14.8 Å². The van der Waals surface area contributed by atoms with Gasteiger partial charge in [0.25, 0.3) is 0 Å². The maximum atomic E-state index is 11.2. The summed E-state index contributed by atoms with van der Waals surface area (Å²) >= 11 is 0. The summed E-state index contributed by atoms with van der Waals surface area (Å²) < 4.78 is 29.7. The summed E-state index contributed by atoms with van der Waals surface area (Å²) in [5.41, 5.74) is 5.20. The van der Waals surface area contributed by atoms with E-state index < -0.39 is 10.0 Å². The number of hydrogen-bond donors (Lipinski definition) is 2. The van der Waals surface area contributed by atoms with Gasteiger partial charge in [-0.1, -0.05) is 12.2 Å². The molecule has 0 aromatic carbocycles. The van der Waals surface area contributed by atoms with E-state index in [-0.39, 0.29) is 5.75 Å². The first-order valence-electron chi connectivity index (χ1n) is 4.43. The Morgan fingerprint density at radius 2 is 2.14 bits per heavy atom. The summed E-state index contributed by atoms with van der Waals surface area (Å²) in [6, 6.07) is 0. The van der Waals surface area contributed by atoms with Crippen LogP contribution in [0.15, 0.2) is 12.2 Å². The number of sulfonamides is 1. The third-order valence-corrected chi connectivity index (χ3v) is 2.92. The Morgan fingerprint density at radius 1 is 1.43 bits per heavy atom. The molecule has 0 rings (SSSR count). The van der Waals surface area contributed by atoms with E-state index in [0.717, 1.165) is 0 Å². The lowest BCUT2D eigenvalue weighted by Gasteiger charge is -2.03. The van der Waals surface area contributed by atoms with Crippen LogP contribution >= 0.6 is 0 Å². The van der Waals surface area contributed by atoms with Gasteiger partial charge in [0.15, 0.2) is 0 Å². The SMILES string of the molecule is COCCCS(=O)(=O)NC/C=C/CN. The average Bonchev–Trinajstić information content (AvgIpc) is 2.13. The molecule has 6 heteroatoms. The third-order valence-electron chi connectivity index (χ3n) is 1.49. The maximum Gasteiger partial charge on any atom is 0.211 e. The molecule has 0 saturated carbocycles. The van der Waals surface area contributed by atoms with Gasteiger partial charge in [0.2, 0.25) is 10.0 Å². The topological polar surface area (TPSA) is 81.4 Å². The molecule has 14 heavy (non-hydrogen) atoms. The van der Waals surface area contributed by atoms with Gasteiger partial charge in [0, 0.05) is 26.8 Å². The first kappa shape index (κ1) is 13.6. The zero-order valence-corrected chi connectivity index (χ0v) is 9.22. The van der Waals surface area contributed by atoms with Crippen LogP contribution in [-0.4, -0.2) is 41.0 Å². The standard InChI is InChI=1S/C8H18N2O3S/c1-13-7-4-8-14(11,12)10-6-3-2-5-9/h2-3,10H,4-9H2,1H3/b3-2+. The highest BCUT2D eigenvalue weighted by Crippen LogP contribution is 1.89. The fourth-order valence-corrected chi connectivity index (χ4v) is 1.81. The van der Waals surface area contributed by atoms with Crippen molar-refractivity contribution in [3.05, 3.63) is 12.2 Å². The Labute approximate surface area is 85.4 Å². The van der Waals surface area contributed by atoms with Gasteiger partial charge in [-0.15, -0.1) is 0 Å². The number of nitrogens with two attached hydrogens (primary N) is 1. The van der Waals surface area contributed by atoms with Crippen molar-refractivity contribution in [1.82, 2.24) is 4.72 Å². The van der Waals surface area contributed by atoms with Gasteiger partial charge in [0.1, 0.15) is 0 Å². The van der Waals surface area contributed by atoms with Crippen molar-refractivity contribution in [2.24, 2.45) is 5.73 Å². The van der Waals surface area contributed by atoms with Crippen molar-refractivity contribution in [3.8, 4) is 0 Å². The molecule has 0 saturated heterocycles. The molecule has 0 fully saturated rings. The lowest BCUT2D eigenvalue weighted by atomic mass is 10.5. The van der Waals surface area contributed by atoms with Crippen LogP contribution in [0.5, 0.6) is 0 Å². The molecule has 0 atom stereocenters. The molecule has 84 valence electrons. The number of rotatable bonds is 8. The molecule has 5 nitrogen and oxygen atoms in total. The van der Waals surface area contributed by atoms with E-state index in [9.17, 15) is 8.42 Å². The van der Waals surface area contributed by atoms with Crippen LogP contribution in [0.25, 0.3) is 0 Å². The van der Waals surface area contributed by atoms with Crippen LogP contribution in [0.1, 0.15) is 6.42 Å². The molecule has 0 spiro atoms. The molecule has 3 N–H and O–H groups in total. The summed E-state index contributed by atoms with van der Waals surface area (Å²) in [5, 5.41) is 0. The van der Waals surface area contributed by atoms with Crippen molar-refractivity contribution in [3.63, 3.8) is 0 Å². The largest absolute Gasteiger partial charge is 0.385 e.